The first-order chi connectivity index (χ1) is 9.02. The van der Waals surface area contributed by atoms with Gasteiger partial charge in [-0.05, 0) is 56.2 Å². The zero-order valence-corrected chi connectivity index (χ0v) is 11.5. The summed E-state index contributed by atoms with van der Waals surface area (Å²) in [4.78, 5) is 0. The van der Waals surface area contributed by atoms with E-state index in [-0.39, 0.29) is 17.3 Å². The lowest BCUT2D eigenvalue weighted by atomic mass is 9.75. The van der Waals surface area contributed by atoms with Crippen molar-refractivity contribution in [3.05, 3.63) is 35.6 Å². The lowest BCUT2D eigenvalue weighted by molar-refractivity contribution is -0.0766. The summed E-state index contributed by atoms with van der Waals surface area (Å²) in [6.07, 6.45) is 2.39. The van der Waals surface area contributed by atoms with Crippen LogP contribution in [-0.2, 0) is 4.74 Å². The average Bonchev–Trinajstić information content (AvgIpc) is 2.36. The molecule has 0 bridgehead atoms. The van der Waals surface area contributed by atoms with Crippen LogP contribution in [0.15, 0.2) is 24.3 Å². The number of hydrogen-bond donors (Lipinski definition) is 0. The summed E-state index contributed by atoms with van der Waals surface area (Å²) in [6, 6.07) is 8.83. The van der Waals surface area contributed by atoms with Crippen LogP contribution >= 0.6 is 0 Å². The summed E-state index contributed by atoms with van der Waals surface area (Å²) >= 11 is 0. The van der Waals surface area contributed by atoms with Crippen molar-refractivity contribution in [3.8, 4) is 6.07 Å². The van der Waals surface area contributed by atoms with E-state index in [2.05, 4.69) is 19.9 Å². The molecule has 3 heteroatoms. The third-order valence-corrected chi connectivity index (χ3v) is 3.91. The summed E-state index contributed by atoms with van der Waals surface area (Å²) < 4.78 is 18.8. The van der Waals surface area contributed by atoms with Gasteiger partial charge in [-0.3, -0.25) is 0 Å². The Morgan fingerprint density at radius 3 is 2.68 bits per heavy atom. The molecule has 19 heavy (non-hydrogen) atoms. The van der Waals surface area contributed by atoms with Crippen LogP contribution in [-0.4, -0.2) is 12.2 Å². The van der Waals surface area contributed by atoms with E-state index in [0.717, 1.165) is 25.0 Å². The maximum absolute atomic E-state index is 13.0. The summed E-state index contributed by atoms with van der Waals surface area (Å²) in [5, 5.41) is 9.06. The Kier molecular flexibility index (Phi) is 4.21. The molecule has 0 amide bonds. The Hall–Kier alpha value is -1.40. The highest BCUT2D eigenvalue weighted by molar-refractivity contribution is 5.22. The third-order valence-electron chi connectivity index (χ3n) is 3.91. The maximum atomic E-state index is 13.0. The highest BCUT2D eigenvalue weighted by atomic mass is 19.1. The van der Waals surface area contributed by atoms with Gasteiger partial charge >= 0.3 is 0 Å². The minimum atomic E-state index is -0.230. The first kappa shape index (κ1) is 14.0. The smallest absolute Gasteiger partial charge is 0.123 e. The summed E-state index contributed by atoms with van der Waals surface area (Å²) in [7, 11) is 0. The van der Waals surface area contributed by atoms with Crippen molar-refractivity contribution >= 4 is 0 Å². The van der Waals surface area contributed by atoms with Gasteiger partial charge in [0.05, 0.1) is 11.7 Å². The lowest BCUT2D eigenvalue weighted by Gasteiger charge is -2.39. The van der Waals surface area contributed by atoms with Crippen LogP contribution in [0.5, 0.6) is 0 Å². The fourth-order valence-electron chi connectivity index (χ4n) is 2.99. The van der Waals surface area contributed by atoms with Crippen molar-refractivity contribution < 1.29 is 9.13 Å². The van der Waals surface area contributed by atoms with Crippen molar-refractivity contribution in [1.29, 1.82) is 5.26 Å². The quantitative estimate of drug-likeness (QED) is 0.823. The molecule has 1 fully saturated rings. The van der Waals surface area contributed by atoms with Crippen LogP contribution in [0.4, 0.5) is 4.39 Å². The van der Waals surface area contributed by atoms with Gasteiger partial charge in [0.2, 0.25) is 0 Å². The maximum Gasteiger partial charge on any atom is 0.123 e. The van der Waals surface area contributed by atoms with Gasteiger partial charge in [-0.1, -0.05) is 12.1 Å². The standard InChI is InChI=1S/C16H20FNO/c1-16(2)11-13(8-10-19-16)15(7-9-18)12-3-5-14(17)6-4-12/h3-6,13,15H,7-8,10-11H2,1-2H3/t13-,15+/m0/s1. The van der Waals surface area contributed by atoms with Gasteiger partial charge in [0.25, 0.3) is 0 Å². The predicted octanol–water partition coefficient (Wildman–Crippen LogP) is 4.03. The third kappa shape index (κ3) is 3.54. The van der Waals surface area contributed by atoms with Gasteiger partial charge in [0.1, 0.15) is 5.82 Å². The largest absolute Gasteiger partial charge is 0.376 e. The van der Waals surface area contributed by atoms with Crippen molar-refractivity contribution in [1.82, 2.24) is 0 Å². The number of rotatable bonds is 3. The molecule has 1 aromatic carbocycles. The Labute approximate surface area is 114 Å². The van der Waals surface area contributed by atoms with E-state index in [1.165, 1.54) is 12.1 Å². The molecule has 2 rings (SSSR count). The second-order valence-corrected chi connectivity index (χ2v) is 5.88. The number of halogens is 1. The number of nitrogens with zero attached hydrogens (tertiary/aromatic N) is 1. The first-order valence-electron chi connectivity index (χ1n) is 6.78. The van der Waals surface area contributed by atoms with Crippen molar-refractivity contribution in [2.75, 3.05) is 6.61 Å². The molecule has 1 heterocycles. The Bertz CT molecular complexity index is 461. The molecule has 0 N–H and O–H groups in total. The van der Waals surface area contributed by atoms with Gasteiger partial charge in [0.15, 0.2) is 0 Å². The molecule has 1 saturated heterocycles. The van der Waals surface area contributed by atoms with Gasteiger partial charge < -0.3 is 4.74 Å². The van der Waals surface area contributed by atoms with E-state index in [9.17, 15) is 4.39 Å². The van der Waals surface area contributed by atoms with Crippen LogP contribution < -0.4 is 0 Å². The topological polar surface area (TPSA) is 33.0 Å². The predicted molar refractivity (Wildman–Crippen MR) is 72.1 cm³/mol. The molecular weight excluding hydrogens is 241 g/mol. The fraction of sp³-hybridized carbons (Fsp3) is 0.562. The van der Waals surface area contributed by atoms with Crippen LogP contribution in [0.25, 0.3) is 0 Å². The average molecular weight is 261 g/mol. The molecule has 0 radical (unpaired) electrons. The SMILES string of the molecule is CC1(C)C[C@@H]([C@H](CC#N)c2ccc(F)cc2)CCO1. The lowest BCUT2D eigenvalue weighted by Crippen LogP contribution is -2.36. The molecule has 0 spiro atoms. The molecule has 102 valence electrons. The summed E-state index contributed by atoms with van der Waals surface area (Å²) in [5.74, 6) is 0.370. The number of ether oxygens (including phenoxy) is 1. The monoisotopic (exact) mass is 261 g/mol. The van der Waals surface area contributed by atoms with Crippen LogP contribution in [0, 0.1) is 23.1 Å². The molecular formula is C16H20FNO. The van der Waals surface area contributed by atoms with E-state index < -0.39 is 0 Å². The second-order valence-electron chi connectivity index (χ2n) is 5.88. The van der Waals surface area contributed by atoms with Crippen molar-refractivity contribution in [2.24, 2.45) is 5.92 Å². The molecule has 0 aromatic heterocycles. The zero-order valence-electron chi connectivity index (χ0n) is 11.5. The van der Waals surface area contributed by atoms with E-state index in [4.69, 9.17) is 10.00 Å². The molecule has 1 aromatic rings. The van der Waals surface area contributed by atoms with Crippen molar-refractivity contribution in [3.63, 3.8) is 0 Å². The van der Waals surface area contributed by atoms with Gasteiger partial charge in [-0.2, -0.15) is 5.26 Å². The molecule has 2 atom stereocenters. The fourth-order valence-corrected chi connectivity index (χ4v) is 2.99. The van der Waals surface area contributed by atoms with Crippen LogP contribution in [0.3, 0.4) is 0 Å². The highest BCUT2D eigenvalue weighted by Gasteiger charge is 2.34. The van der Waals surface area contributed by atoms with Gasteiger partial charge in [0, 0.05) is 13.0 Å². The van der Waals surface area contributed by atoms with E-state index in [0.29, 0.717) is 12.3 Å². The Morgan fingerprint density at radius 2 is 2.11 bits per heavy atom. The summed E-state index contributed by atoms with van der Waals surface area (Å²) in [6.45, 7) is 4.92. The molecule has 0 saturated carbocycles. The molecule has 0 unspecified atom stereocenters. The number of benzene rings is 1. The number of hydrogen-bond acceptors (Lipinski definition) is 2. The molecule has 0 aliphatic carbocycles. The minimum Gasteiger partial charge on any atom is -0.376 e. The van der Waals surface area contributed by atoms with Gasteiger partial charge in [-0.25, -0.2) is 4.39 Å². The Balaban J connectivity index is 2.20. The van der Waals surface area contributed by atoms with Crippen LogP contribution in [0.2, 0.25) is 0 Å². The van der Waals surface area contributed by atoms with E-state index in [1.807, 2.05) is 0 Å². The van der Waals surface area contributed by atoms with E-state index in [1.54, 1.807) is 12.1 Å². The minimum absolute atomic E-state index is 0.128. The first-order valence-corrected chi connectivity index (χ1v) is 6.78. The summed E-state index contributed by atoms with van der Waals surface area (Å²) in [5.41, 5.74) is 0.932. The zero-order chi connectivity index (χ0) is 13.9. The molecule has 1 aliphatic rings. The van der Waals surface area contributed by atoms with Gasteiger partial charge in [-0.15, -0.1) is 0 Å². The van der Waals surface area contributed by atoms with Crippen LogP contribution in [0.1, 0.15) is 44.6 Å². The molecule has 1 aliphatic heterocycles. The van der Waals surface area contributed by atoms with Crippen molar-refractivity contribution in [2.45, 2.75) is 44.6 Å². The highest BCUT2D eigenvalue weighted by Crippen LogP contribution is 2.39. The van der Waals surface area contributed by atoms with E-state index >= 15 is 0 Å². The Morgan fingerprint density at radius 1 is 1.42 bits per heavy atom. The second kappa shape index (κ2) is 5.71. The number of nitriles is 1. The normalized spacial score (nSPS) is 23.6. The molecule has 2 nitrogen and oxygen atoms in total.